The molecule has 7 heteroatoms. The fourth-order valence-corrected chi connectivity index (χ4v) is 3.68. The van der Waals surface area contributed by atoms with Crippen LogP contribution in [0.15, 0.2) is 11.1 Å². The second kappa shape index (κ2) is 9.80. The topological polar surface area (TPSA) is 91.7 Å². The molecule has 0 amide bonds. The summed E-state index contributed by atoms with van der Waals surface area (Å²) in [5.41, 5.74) is -0.139. The molecule has 6 nitrogen and oxygen atoms in total. The molecule has 0 saturated carbocycles. The van der Waals surface area contributed by atoms with Gasteiger partial charge in [-0.25, -0.2) is 9.59 Å². The van der Waals surface area contributed by atoms with Gasteiger partial charge in [0.1, 0.15) is 0 Å². The molecule has 1 atom stereocenters. The fraction of sp³-hybridized carbons (Fsp3) is 0.733. The van der Waals surface area contributed by atoms with Crippen LogP contribution in [0.3, 0.4) is 0 Å². The van der Waals surface area contributed by atoms with Crippen LogP contribution in [0.25, 0.3) is 0 Å². The molecule has 22 heavy (non-hydrogen) atoms. The summed E-state index contributed by atoms with van der Waals surface area (Å²) in [6, 6.07) is 0. The Morgan fingerprint density at radius 2 is 1.45 bits per heavy atom. The predicted molar refractivity (Wildman–Crippen MR) is 88.1 cm³/mol. The van der Waals surface area contributed by atoms with Gasteiger partial charge in [0.25, 0.3) is 0 Å². The molecular formula is C15H29NO5P+. The van der Waals surface area contributed by atoms with Crippen LogP contribution in [0, 0.1) is 0 Å². The van der Waals surface area contributed by atoms with Crippen LogP contribution < -0.4 is 0 Å². The summed E-state index contributed by atoms with van der Waals surface area (Å²) >= 11 is 0. The summed E-state index contributed by atoms with van der Waals surface area (Å²) in [4.78, 5) is 22.6. The summed E-state index contributed by atoms with van der Waals surface area (Å²) in [7, 11) is 4.13. The van der Waals surface area contributed by atoms with E-state index in [0.29, 0.717) is 17.1 Å². The molecule has 1 unspecified atom stereocenters. The minimum Gasteiger partial charge on any atom is -0.478 e. The SMILES string of the molecule is CCCC/C(C(=O)O)=C(\CC[PH](=O)CC[N+](C)(C)C)C(=O)O. The van der Waals surface area contributed by atoms with Crippen molar-refractivity contribution in [1.82, 2.24) is 0 Å². The molecule has 0 bridgehead atoms. The van der Waals surface area contributed by atoms with Crippen LogP contribution in [-0.2, 0) is 14.2 Å². The van der Waals surface area contributed by atoms with Gasteiger partial charge >= 0.3 is 11.9 Å². The van der Waals surface area contributed by atoms with Gasteiger partial charge in [0.2, 0.25) is 0 Å². The molecule has 0 aromatic heterocycles. The van der Waals surface area contributed by atoms with Crippen LogP contribution in [0.5, 0.6) is 0 Å². The molecule has 0 radical (unpaired) electrons. The van der Waals surface area contributed by atoms with Crippen molar-refractivity contribution in [2.75, 3.05) is 40.0 Å². The third kappa shape index (κ3) is 9.00. The average Bonchev–Trinajstić information content (AvgIpc) is 2.38. The van der Waals surface area contributed by atoms with E-state index in [1.807, 2.05) is 28.1 Å². The van der Waals surface area contributed by atoms with Crippen molar-refractivity contribution in [1.29, 1.82) is 0 Å². The van der Waals surface area contributed by atoms with E-state index in [1.54, 1.807) is 0 Å². The first-order chi connectivity index (χ1) is 10.1. The predicted octanol–water partition coefficient (Wildman–Crippen LogP) is 2.30. The summed E-state index contributed by atoms with van der Waals surface area (Å²) < 4.78 is 12.7. The molecule has 0 saturated heterocycles. The molecule has 0 fully saturated rings. The minimum atomic E-state index is -1.89. The van der Waals surface area contributed by atoms with Gasteiger partial charge < -0.3 is 19.3 Å². The van der Waals surface area contributed by atoms with Crippen molar-refractivity contribution in [2.24, 2.45) is 0 Å². The Balaban J connectivity index is 4.86. The van der Waals surface area contributed by atoms with Crippen LogP contribution in [0.1, 0.15) is 32.6 Å². The van der Waals surface area contributed by atoms with Gasteiger partial charge in [0, 0.05) is 23.5 Å². The molecule has 0 spiro atoms. The van der Waals surface area contributed by atoms with Crippen molar-refractivity contribution in [3.05, 3.63) is 11.1 Å². The van der Waals surface area contributed by atoms with Crippen LogP contribution in [0.4, 0.5) is 0 Å². The minimum absolute atomic E-state index is 0.0456. The molecule has 0 aliphatic heterocycles. The zero-order valence-electron chi connectivity index (χ0n) is 14.0. The van der Waals surface area contributed by atoms with E-state index in [9.17, 15) is 24.4 Å². The zero-order chi connectivity index (χ0) is 17.3. The Morgan fingerprint density at radius 3 is 1.86 bits per heavy atom. The summed E-state index contributed by atoms with van der Waals surface area (Å²) in [5.74, 6) is -2.40. The van der Waals surface area contributed by atoms with Crippen molar-refractivity contribution in [3.8, 4) is 0 Å². The van der Waals surface area contributed by atoms with E-state index in [-0.39, 0.29) is 30.1 Å². The molecule has 0 aromatic rings. The Bertz CT molecular complexity index is 451. The van der Waals surface area contributed by atoms with E-state index in [4.69, 9.17) is 0 Å². The standard InChI is InChI=1S/C15H28NO5P/c1-5-6-7-12(14(17)18)13(15(19)20)8-10-22(21)11-9-16(2,3)4/h22H,5-11H2,1-4H3,(H-,17,18,19,20)/p+1/b13-12-. The maximum atomic E-state index is 12.0. The molecule has 0 aliphatic rings. The van der Waals surface area contributed by atoms with Gasteiger partial charge in [-0.2, -0.15) is 0 Å². The first-order valence-electron chi connectivity index (χ1n) is 7.59. The lowest BCUT2D eigenvalue weighted by Crippen LogP contribution is -2.36. The first-order valence-corrected chi connectivity index (χ1v) is 9.41. The summed E-state index contributed by atoms with van der Waals surface area (Å²) in [5, 5.41) is 18.4. The highest BCUT2D eigenvalue weighted by Gasteiger charge is 2.20. The van der Waals surface area contributed by atoms with Crippen LogP contribution in [-0.4, -0.2) is 66.6 Å². The first kappa shape index (κ1) is 20.9. The largest absolute Gasteiger partial charge is 0.478 e. The van der Waals surface area contributed by atoms with E-state index < -0.39 is 19.7 Å². The Labute approximate surface area is 133 Å². The molecule has 0 aromatic carbocycles. The normalized spacial score (nSPS) is 14.4. The lowest BCUT2D eigenvalue weighted by atomic mass is 10.0. The third-order valence-electron chi connectivity index (χ3n) is 3.38. The smallest absolute Gasteiger partial charge is 0.332 e. The van der Waals surface area contributed by atoms with Gasteiger partial charge in [-0.1, -0.05) is 13.3 Å². The number of unbranched alkanes of at least 4 members (excludes halogenated alkanes) is 1. The van der Waals surface area contributed by atoms with E-state index in [1.165, 1.54) is 0 Å². The number of hydrogen-bond acceptors (Lipinski definition) is 3. The number of nitrogens with zero attached hydrogens (tertiary/aromatic N) is 1. The maximum absolute atomic E-state index is 12.0. The maximum Gasteiger partial charge on any atom is 0.332 e. The number of quaternary nitrogens is 1. The summed E-state index contributed by atoms with van der Waals surface area (Å²) in [6.07, 6.45) is 2.55. The summed E-state index contributed by atoms with van der Waals surface area (Å²) in [6.45, 7) is 2.68. The highest BCUT2D eigenvalue weighted by molar-refractivity contribution is 7.44. The lowest BCUT2D eigenvalue weighted by Gasteiger charge is -2.23. The molecule has 0 heterocycles. The highest BCUT2D eigenvalue weighted by Crippen LogP contribution is 2.26. The number of hydrogen-bond donors (Lipinski definition) is 2. The number of carbonyl (C=O) groups is 2. The Kier molecular flexibility index (Phi) is 9.30. The van der Waals surface area contributed by atoms with Gasteiger partial charge in [-0.3, -0.25) is 0 Å². The van der Waals surface area contributed by atoms with Crippen LogP contribution in [0.2, 0.25) is 0 Å². The molecule has 128 valence electrons. The lowest BCUT2D eigenvalue weighted by molar-refractivity contribution is -0.867. The fourth-order valence-electron chi connectivity index (χ4n) is 1.98. The van der Waals surface area contributed by atoms with Crippen molar-refractivity contribution < 1.29 is 28.9 Å². The van der Waals surface area contributed by atoms with E-state index in [2.05, 4.69) is 0 Å². The number of carboxylic acids is 2. The van der Waals surface area contributed by atoms with Gasteiger partial charge in [0.05, 0.1) is 35.5 Å². The van der Waals surface area contributed by atoms with Gasteiger partial charge in [0.15, 0.2) is 0 Å². The number of rotatable bonds is 11. The number of carboxylic acid groups (broad SMARTS) is 2. The second-order valence-corrected chi connectivity index (χ2v) is 8.55. The van der Waals surface area contributed by atoms with Crippen molar-refractivity contribution >= 4 is 19.7 Å². The monoisotopic (exact) mass is 334 g/mol. The quantitative estimate of drug-likeness (QED) is 0.344. The van der Waals surface area contributed by atoms with Crippen LogP contribution >= 0.6 is 7.80 Å². The Hall–Kier alpha value is -1.13. The molecule has 0 aliphatic carbocycles. The highest BCUT2D eigenvalue weighted by atomic mass is 31.1. The van der Waals surface area contributed by atoms with E-state index >= 15 is 0 Å². The average molecular weight is 334 g/mol. The number of aliphatic carboxylic acids is 2. The molecule has 0 rings (SSSR count). The Morgan fingerprint density at radius 1 is 0.955 bits per heavy atom. The molecule has 2 N–H and O–H groups in total. The van der Waals surface area contributed by atoms with Gasteiger partial charge in [-0.05, 0) is 19.3 Å². The molecular weight excluding hydrogens is 305 g/mol. The second-order valence-electron chi connectivity index (χ2n) is 6.47. The van der Waals surface area contributed by atoms with Crippen molar-refractivity contribution in [2.45, 2.75) is 32.6 Å². The van der Waals surface area contributed by atoms with E-state index in [0.717, 1.165) is 13.0 Å². The van der Waals surface area contributed by atoms with Crippen molar-refractivity contribution in [3.63, 3.8) is 0 Å². The van der Waals surface area contributed by atoms with Gasteiger partial charge in [-0.15, -0.1) is 0 Å². The third-order valence-corrected chi connectivity index (χ3v) is 4.97. The zero-order valence-corrected chi connectivity index (χ0v) is 15.0.